The van der Waals surface area contributed by atoms with Crippen LogP contribution >= 0.6 is 0 Å². The number of benzene rings is 2. The summed E-state index contributed by atoms with van der Waals surface area (Å²) in [5, 5.41) is 11.0. The SMILES string of the molecule is BC(OC)c1cc(Oc2cccc(N)c2)ccc1[N+](=O)[O-]. The van der Waals surface area contributed by atoms with Gasteiger partial charge in [0.2, 0.25) is 0 Å². The molecule has 0 aliphatic rings. The molecule has 108 valence electrons. The molecule has 0 radical (unpaired) electrons. The molecule has 0 amide bonds. The van der Waals surface area contributed by atoms with Crippen molar-refractivity contribution < 1.29 is 14.4 Å². The molecule has 1 unspecified atom stereocenters. The number of anilines is 1. The van der Waals surface area contributed by atoms with Crippen molar-refractivity contribution in [1.82, 2.24) is 0 Å². The van der Waals surface area contributed by atoms with Crippen LogP contribution in [0, 0.1) is 10.1 Å². The Kier molecular flexibility index (Phi) is 4.44. The summed E-state index contributed by atoms with van der Waals surface area (Å²) in [5.74, 6) is 1.06. The minimum absolute atomic E-state index is 0.00396. The quantitative estimate of drug-likeness (QED) is 0.394. The maximum atomic E-state index is 11.0. The third-order valence-electron chi connectivity index (χ3n) is 3.08. The number of nitrogen functional groups attached to an aromatic ring is 1. The van der Waals surface area contributed by atoms with Crippen LogP contribution in [0.2, 0.25) is 0 Å². The molecule has 2 N–H and O–H groups in total. The van der Waals surface area contributed by atoms with Crippen molar-refractivity contribution >= 4 is 19.2 Å². The van der Waals surface area contributed by atoms with Crippen molar-refractivity contribution in [3.8, 4) is 11.5 Å². The molecule has 1 atom stereocenters. The second kappa shape index (κ2) is 6.28. The van der Waals surface area contributed by atoms with E-state index >= 15 is 0 Å². The van der Waals surface area contributed by atoms with Gasteiger partial charge in [-0.1, -0.05) is 6.07 Å². The number of hydrogen-bond acceptors (Lipinski definition) is 5. The molecule has 21 heavy (non-hydrogen) atoms. The number of nitro benzene ring substituents is 1. The summed E-state index contributed by atoms with van der Waals surface area (Å²) in [5.41, 5.74) is 6.74. The highest BCUT2D eigenvalue weighted by molar-refractivity contribution is 6.11. The van der Waals surface area contributed by atoms with E-state index in [0.29, 0.717) is 22.7 Å². The van der Waals surface area contributed by atoms with E-state index in [1.165, 1.54) is 13.2 Å². The molecule has 0 aromatic heterocycles. The van der Waals surface area contributed by atoms with Gasteiger partial charge in [-0.15, -0.1) is 0 Å². The molecule has 7 heteroatoms. The largest absolute Gasteiger partial charge is 0.457 e. The van der Waals surface area contributed by atoms with Gasteiger partial charge in [0.05, 0.1) is 16.5 Å². The molecule has 0 fully saturated rings. The first-order valence-electron chi connectivity index (χ1n) is 6.36. The van der Waals surface area contributed by atoms with E-state index in [1.54, 1.807) is 44.2 Å². The van der Waals surface area contributed by atoms with Crippen LogP contribution in [0.5, 0.6) is 11.5 Å². The van der Waals surface area contributed by atoms with Crippen molar-refractivity contribution in [3.63, 3.8) is 0 Å². The number of nitrogens with two attached hydrogens (primary N) is 1. The molecule has 0 heterocycles. The highest BCUT2D eigenvalue weighted by Gasteiger charge is 2.19. The van der Waals surface area contributed by atoms with Gasteiger partial charge < -0.3 is 15.2 Å². The molecule has 6 nitrogen and oxygen atoms in total. The van der Waals surface area contributed by atoms with Crippen LogP contribution < -0.4 is 10.5 Å². The van der Waals surface area contributed by atoms with E-state index in [1.807, 2.05) is 0 Å². The molecule has 2 rings (SSSR count). The first-order chi connectivity index (χ1) is 10.0. The van der Waals surface area contributed by atoms with Gasteiger partial charge in [-0.05, 0) is 24.3 Å². The average molecular weight is 286 g/mol. The predicted molar refractivity (Wildman–Crippen MR) is 82.3 cm³/mol. The van der Waals surface area contributed by atoms with Crippen LogP contribution in [0.15, 0.2) is 42.5 Å². The second-order valence-electron chi connectivity index (χ2n) is 4.53. The van der Waals surface area contributed by atoms with Crippen LogP contribution in [0.1, 0.15) is 11.6 Å². The standard InChI is InChI=1S/C14H15BN2O4/c1-20-14(15)12-8-11(5-6-13(12)17(18)19)21-10-4-2-3-9(16)7-10/h2-8,14H,15-16H2,1H3. The molecule has 0 spiro atoms. The Morgan fingerprint density at radius 2 is 1.95 bits per heavy atom. The van der Waals surface area contributed by atoms with Gasteiger partial charge in [0.25, 0.3) is 5.69 Å². The molecule has 0 saturated carbocycles. The normalized spacial score (nSPS) is 11.9. The lowest BCUT2D eigenvalue weighted by molar-refractivity contribution is -0.386. The van der Waals surface area contributed by atoms with Gasteiger partial charge in [0, 0.05) is 24.9 Å². The highest BCUT2D eigenvalue weighted by atomic mass is 16.6. The van der Waals surface area contributed by atoms with Gasteiger partial charge >= 0.3 is 0 Å². The van der Waals surface area contributed by atoms with Gasteiger partial charge in [0.1, 0.15) is 19.3 Å². The zero-order valence-electron chi connectivity index (χ0n) is 11.8. The molecular formula is C14H15BN2O4. The zero-order chi connectivity index (χ0) is 15.4. The molecule has 2 aromatic carbocycles. The monoisotopic (exact) mass is 286 g/mol. The van der Waals surface area contributed by atoms with E-state index in [-0.39, 0.29) is 5.69 Å². The van der Waals surface area contributed by atoms with E-state index in [4.69, 9.17) is 15.2 Å². The van der Waals surface area contributed by atoms with Crippen molar-refractivity contribution in [3.05, 3.63) is 58.1 Å². The summed E-state index contributed by atoms with van der Waals surface area (Å²) in [7, 11) is 3.24. The van der Waals surface area contributed by atoms with E-state index in [9.17, 15) is 10.1 Å². The van der Waals surface area contributed by atoms with Crippen LogP contribution in [0.25, 0.3) is 0 Å². The summed E-state index contributed by atoms with van der Waals surface area (Å²) in [6, 6.07) is 11.1. The summed E-state index contributed by atoms with van der Waals surface area (Å²) in [6.07, 6.45) is 0. The van der Waals surface area contributed by atoms with Crippen LogP contribution in [0.4, 0.5) is 11.4 Å². The fourth-order valence-electron chi connectivity index (χ4n) is 1.93. The summed E-state index contributed by atoms with van der Waals surface area (Å²) < 4.78 is 10.8. The molecule has 0 aliphatic carbocycles. The first kappa shape index (κ1) is 14.9. The summed E-state index contributed by atoms with van der Waals surface area (Å²) in [4.78, 5) is 10.6. The maximum Gasteiger partial charge on any atom is 0.274 e. The minimum atomic E-state index is -0.435. The van der Waals surface area contributed by atoms with Crippen LogP contribution in [-0.4, -0.2) is 19.9 Å². The zero-order valence-corrected chi connectivity index (χ0v) is 11.8. The second-order valence-corrected chi connectivity index (χ2v) is 4.53. The molecule has 0 saturated heterocycles. The fourth-order valence-corrected chi connectivity index (χ4v) is 1.93. The Morgan fingerprint density at radius 3 is 2.57 bits per heavy atom. The molecule has 0 aliphatic heterocycles. The number of nitro groups is 1. The Morgan fingerprint density at radius 1 is 1.24 bits per heavy atom. The number of rotatable bonds is 5. The third kappa shape index (κ3) is 3.52. The van der Waals surface area contributed by atoms with E-state index in [2.05, 4.69) is 0 Å². The lowest BCUT2D eigenvalue weighted by atomic mass is 9.91. The summed E-state index contributed by atoms with van der Waals surface area (Å²) in [6.45, 7) is 0. The fraction of sp³-hybridized carbons (Fsp3) is 0.143. The average Bonchev–Trinajstić information content (AvgIpc) is 2.46. The van der Waals surface area contributed by atoms with Gasteiger partial charge in [0.15, 0.2) is 0 Å². The van der Waals surface area contributed by atoms with Crippen LogP contribution in [-0.2, 0) is 4.74 Å². The lowest BCUT2D eigenvalue weighted by Crippen LogP contribution is -2.05. The molecule has 2 aromatic rings. The van der Waals surface area contributed by atoms with Crippen molar-refractivity contribution in [2.75, 3.05) is 12.8 Å². The highest BCUT2D eigenvalue weighted by Crippen LogP contribution is 2.32. The van der Waals surface area contributed by atoms with Crippen molar-refractivity contribution in [2.45, 2.75) is 6.00 Å². The molecule has 0 bridgehead atoms. The van der Waals surface area contributed by atoms with E-state index in [0.717, 1.165) is 0 Å². The first-order valence-corrected chi connectivity index (χ1v) is 6.36. The predicted octanol–water partition coefficient (Wildman–Crippen LogP) is 2.25. The Balaban J connectivity index is 2.35. The number of hydrogen-bond donors (Lipinski definition) is 1. The van der Waals surface area contributed by atoms with Crippen LogP contribution in [0.3, 0.4) is 0 Å². The number of methoxy groups -OCH3 is 1. The van der Waals surface area contributed by atoms with Gasteiger partial charge in [-0.2, -0.15) is 0 Å². The summed E-state index contributed by atoms with van der Waals surface area (Å²) >= 11 is 0. The van der Waals surface area contributed by atoms with Crippen molar-refractivity contribution in [2.24, 2.45) is 0 Å². The number of nitrogens with zero attached hydrogens (tertiary/aromatic N) is 1. The maximum absolute atomic E-state index is 11.0. The van der Waals surface area contributed by atoms with Crippen molar-refractivity contribution in [1.29, 1.82) is 0 Å². The molecular weight excluding hydrogens is 271 g/mol. The Labute approximate surface area is 123 Å². The van der Waals surface area contributed by atoms with Gasteiger partial charge in [-0.3, -0.25) is 10.1 Å². The number of ether oxygens (including phenoxy) is 2. The van der Waals surface area contributed by atoms with E-state index < -0.39 is 10.9 Å². The Hall–Kier alpha value is -2.54. The smallest absolute Gasteiger partial charge is 0.274 e. The van der Waals surface area contributed by atoms with Gasteiger partial charge in [-0.25, -0.2) is 0 Å². The minimum Gasteiger partial charge on any atom is -0.457 e. The topological polar surface area (TPSA) is 87.6 Å². The Bertz CT molecular complexity index is 663. The third-order valence-corrected chi connectivity index (χ3v) is 3.08. The lowest BCUT2D eigenvalue weighted by Gasteiger charge is -2.13.